The Balaban J connectivity index is 2.45. The lowest BCUT2D eigenvalue weighted by molar-refractivity contribution is 0.00988. The van der Waals surface area contributed by atoms with E-state index in [-0.39, 0.29) is 0 Å². The van der Waals surface area contributed by atoms with Gasteiger partial charge in [0, 0.05) is 6.42 Å². The smallest absolute Gasteiger partial charge is 0.207 e. The van der Waals surface area contributed by atoms with E-state index in [1.807, 2.05) is 12.1 Å². The molecule has 1 rings (SSSR count). The molecule has 0 aliphatic carbocycles. The van der Waals surface area contributed by atoms with Crippen molar-refractivity contribution in [1.29, 1.82) is 0 Å². The average Bonchev–Trinajstić information content (AvgIpc) is 2.57. The van der Waals surface area contributed by atoms with E-state index in [4.69, 9.17) is 16.3 Å². The predicted octanol–water partition coefficient (Wildman–Crippen LogP) is 6.47. The molecule has 24 heavy (non-hydrogen) atoms. The molecule has 1 aromatic carbocycles. The minimum atomic E-state index is -1.03. The van der Waals surface area contributed by atoms with Gasteiger partial charge in [0.1, 0.15) is 11.9 Å². The number of alkyl halides is 1. The van der Waals surface area contributed by atoms with Gasteiger partial charge in [-0.15, -0.1) is 0 Å². The highest BCUT2D eigenvalue weighted by Gasteiger charge is 2.34. The number of hydrogen-bond acceptors (Lipinski definition) is 2. The quantitative estimate of drug-likeness (QED) is 0.324. The van der Waals surface area contributed by atoms with Crippen molar-refractivity contribution in [1.82, 2.24) is 0 Å². The molecule has 0 amide bonds. The first-order chi connectivity index (χ1) is 11.5. The molecule has 0 saturated carbocycles. The SMILES string of the molecule is CCCCCCCCc1ccc(OC(Cl)(CCCC)C(C)O)cc1. The van der Waals surface area contributed by atoms with Crippen LogP contribution >= 0.6 is 11.6 Å². The van der Waals surface area contributed by atoms with Gasteiger partial charge >= 0.3 is 0 Å². The van der Waals surface area contributed by atoms with Gasteiger partial charge in [-0.25, -0.2) is 0 Å². The zero-order valence-electron chi connectivity index (χ0n) is 15.7. The first-order valence-electron chi connectivity index (χ1n) is 9.66. The van der Waals surface area contributed by atoms with Crippen molar-refractivity contribution in [3.63, 3.8) is 0 Å². The number of hydrogen-bond donors (Lipinski definition) is 1. The monoisotopic (exact) mass is 354 g/mol. The summed E-state index contributed by atoms with van der Waals surface area (Å²) in [6.45, 7) is 6.05. The highest BCUT2D eigenvalue weighted by molar-refractivity contribution is 6.23. The molecule has 1 N–H and O–H groups in total. The average molecular weight is 355 g/mol. The van der Waals surface area contributed by atoms with E-state index in [2.05, 4.69) is 26.0 Å². The Kier molecular flexibility index (Phi) is 10.4. The van der Waals surface area contributed by atoms with Gasteiger partial charge in [-0.2, -0.15) is 0 Å². The Bertz CT molecular complexity index is 430. The Morgan fingerprint density at radius 2 is 1.54 bits per heavy atom. The molecule has 1 aromatic rings. The summed E-state index contributed by atoms with van der Waals surface area (Å²) in [5.74, 6) is 0.730. The maximum absolute atomic E-state index is 9.96. The lowest BCUT2D eigenvalue weighted by Crippen LogP contribution is -2.40. The highest BCUT2D eigenvalue weighted by atomic mass is 35.5. The third-order valence-electron chi connectivity index (χ3n) is 4.52. The second-order valence-electron chi connectivity index (χ2n) is 6.83. The zero-order chi connectivity index (χ0) is 17.8. The fraction of sp³-hybridized carbons (Fsp3) is 0.714. The molecule has 0 bridgehead atoms. The third kappa shape index (κ3) is 7.90. The first kappa shape index (κ1) is 21.3. The molecule has 0 radical (unpaired) electrons. The summed E-state index contributed by atoms with van der Waals surface area (Å²) in [7, 11) is 0. The number of unbranched alkanes of at least 4 members (excludes halogenated alkanes) is 6. The van der Waals surface area contributed by atoms with Crippen LogP contribution in [0.5, 0.6) is 5.75 Å². The minimum Gasteiger partial charge on any atom is -0.469 e. The van der Waals surface area contributed by atoms with Crippen molar-refractivity contribution in [2.45, 2.75) is 96.1 Å². The maximum Gasteiger partial charge on any atom is 0.207 e. The molecule has 2 unspecified atom stereocenters. The number of aryl methyl sites for hydroxylation is 1. The molecule has 0 heterocycles. The fourth-order valence-electron chi connectivity index (χ4n) is 2.79. The summed E-state index contributed by atoms with van der Waals surface area (Å²) < 4.78 is 5.91. The maximum atomic E-state index is 9.96. The van der Waals surface area contributed by atoms with Crippen molar-refractivity contribution >= 4 is 11.6 Å². The van der Waals surface area contributed by atoms with E-state index in [1.54, 1.807) is 6.92 Å². The normalized spacial score (nSPS) is 15.0. The van der Waals surface area contributed by atoms with Gasteiger partial charge in [0.25, 0.3) is 0 Å². The van der Waals surface area contributed by atoms with Crippen molar-refractivity contribution in [2.24, 2.45) is 0 Å². The van der Waals surface area contributed by atoms with Crippen molar-refractivity contribution in [3.05, 3.63) is 29.8 Å². The van der Waals surface area contributed by atoms with Gasteiger partial charge in [-0.05, 0) is 43.9 Å². The minimum absolute atomic E-state index is 0.641. The predicted molar refractivity (Wildman–Crippen MR) is 104 cm³/mol. The first-order valence-corrected chi connectivity index (χ1v) is 10.0. The lowest BCUT2D eigenvalue weighted by atomic mass is 10.0. The molecule has 0 fully saturated rings. The van der Waals surface area contributed by atoms with Crippen LogP contribution in [0.25, 0.3) is 0 Å². The van der Waals surface area contributed by atoms with Gasteiger partial charge in [0.05, 0.1) is 0 Å². The lowest BCUT2D eigenvalue weighted by Gasteiger charge is -2.31. The molecular weight excluding hydrogens is 320 g/mol. The third-order valence-corrected chi connectivity index (χ3v) is 5.11. The topological polar surface area (TPSA) is 29.5 Å². The van der Waals surface area contributed by atoms with Crippen LogP contribution in [-0.2, 0) is 6.42 Å². The van der Waals surface area contributed by atoms with Gasteiger partial charge < -0.3 is 9.84 Å². The molecule has 0 saturated heterocycles. The number of rotatable bonds is 13. The van der Waals surface area contributed by atoms with E-state index in [0.29, 0.717) is 6.42 Å². The van der Waals surface area contributed by atoms with E-state index >= 15 is 0 Å². The molecule has 0 aliphatic heterocycles. The van der Waals surface area contributed by atoms with E-state index in [1.165, 1.54) is 44.1 Å². The van der Waals surface area contributed by atoms with E-state index in [9.17, 15) is 5.11 Å². The van der Waals surface area contributed by atoms with Crippen LogP contribution in [0.2, 0.25) is 0 Å². The van der Waals surface area contributed by atoms with E-state index in [0.717, 1.165) is 25.0 Å². The molecule has 138 valence electrons. The fourth-order valence-corrected chi connectivity index (χ4v) is 3.02. The molecule has 2 nitrogen and oxygen atoms in total. The summed E-state index contributed by atoms with van der Waals surface area (Å²) in [5, 5.41) is 8.93. The van der Waals surface area contributed by atoms with Crippen molar-refractivity contribution in [3.8, 4) is 5.75 Å². The van der Waals surface area contributed by atoms with Crippen LogP contribution in [0, 0.1) is 0 Å². The molecule has 0 aliphatic rings. The summed E-state index contributed by atoms with van der Waals surface area (Å²) >= 11 is 6.50. The second kappa shape index (κ2) is 11.8. The number of halogens is 1. The Morgan fingerprint density at radius 3 is 2.12 bits per heavy atom. The Labute approximate surface area is 153 Å². The van der Waals surface area contributed by atoms with Crippen LogP contribution < -0.4 is 4.74 Å². The standard InChI is InChI=1S/C21H35ClO2/c1-4-6-8-9-10-11-12-19-13-15-20(16-14-19)24-21(22,18(3)23)17-7-5-2/h13-16,18,23H,4-12,17H2,1-3H3. The molecule has 0 spiro atoms. The zero-order valence-corrected chi connectivity index (χ0v) is 16.4. The number of ether oxygens (including phenoxy) is 1. The molecule has 0 aromatic heterocycles. The largest absolute Gasteiger partial charge is 0.469 e. The van der Waals surface area contributed by atoms with Gasteiger partial charge in [-0.1, -0.05) is 76.1 Å². The van der Waals surface area contributed by atoms with E-state index < -0.39 is 11.2 Å². The molecule has 2 atom stereocenters. The van der Waals surface area contributed by atoms with Crippen molar-refractivity contribution < 1.29 is 9.84 Å². The number of aliphatic hydroxyl groups excluding tert-OH is 1. The number of benzene rings is 1. The van der Waals surface area contributed by atoms with Crippen LogP contribution in [0.4, 0.5) is 0 Å². The highest BCUT2D eigenvalue weighted by Crippen LogP contribution is 2.31. The van der Waals surface area contributed by atoms with Crippen LogP contribution in [-0.4, -0.2) is 16.3 Å². The van der Waals surface area contributed by atoms with Gasteiger partial charge in [0.15, 0.2) is 0 Å². The van der Waals surface area contributed by atoms with Gasteiger partial charge in [0.2, 0.25) is 5.06 Å². The van der Waals surface area contributed by atoms with Crippen LogP contribution in [0.3, 0.4) is 0 Å². The summed E-state index contributed by atoms with van der Waals surface area (Å²) in [4.78, 5) is 0. The summed E-state index contributed by atoms with van der Waals surface area (Å²) in [5.41, 5.74) is 1.34. The molecule has 3 heteroatoms. The Hall–Kier alpha value is -0.730. The summed E-state index contributed by atoms with van der Waals surface area (Å²) in [6, 6.07) is 8.16. The second-order valence-corrected chi connectivity index (χ2v) is 7.47. The van der Waals surface area contributed by atoms with Crippen molar-refractivity contribution in [2.75, 3.05) is 0 Å². The molecular formula is C21H35ClO2. The Morgan fingerprint density at radius 1 is 0.958 bits per heavy atom. The van der Waals surface area contributed by atoms with Crippen LogP contribution in [0.15, 0.2) is 24.3 Å². The van der Waals surface area contributed by atoms with Gasteiger partial charge in [-0.3, -0.25) is 0 Å². The number of aliphatic hydroxyl groups is 1. The summed E-state index contributed by atoms with van der Waals surface area (Å²) in [6.07, 6.45) is 10.9. The van der Waals surface area contributed by atoms with Crippen LogP contribution in [0.1, 0.15) is 84.1 Å².